The van der Waals surface area contributed by atoms with Crippen molar-refractivity contribution >= 4 is 20.9 Å². The van der Waals surface area contributed by atoms with Gasteiger partial charge in [-0.05, 0) is 55.0 Å². The average molecular weight is 385 g/mol. The number of benzene rings is 2. The lowest BCUT2D eigenvalue weighted by atomic mass is 9.96. The Morgan fingerprint density at radius 2 is 1.96 bits per heavy atom. The summed E-state index contributed by atoms with van der Waals surface area (Å²) < 4.78 is 33.5. The first-order valence-corrected chi connectivity index (χ1v) is 10.7. The molecule has 1 N–H and O–H groups in total. The number of fused-ring (bicyclic) bond motifs is 1. The summed E-state index contributed by atoms with van der Waals surface area (Å²) in [5.41, 5.74) is 3.10. The Morgan fingerprint density at radius 1 is 1.15 bits per heavy atom. The number of aromatic nitrogens is 1. The molecule has 1 aromatic heterocycles. The van der Waals surface area contributed by atoms with E-state index in [2.05, 4.69) is 17.1 Å². The third-order valence-corrected chi connectivity index (χ3v) is 7.20. The van der Waals surface area contributed by atoms with E-state index in [1.165, 1.54) is 7.11 Å². The second-order valence-electron chi connectivity index (χ2n) is 7.17. The van der Waals surface area contributed by atoms with Crippen molar-refractivity contribution in [1.82, 2.24) is 9.29 Å². The largest absolute Gasteiger partial charge is 0.495 e. The summed E-state index contributed by atoms with van der Waals surface area (Å²) in [7, 11) is -2.10. The standard InChI is InChI=1S/C21H24N2O3S/c1-15-9-10-20(26-2)21(12-15)27(24,25)23-11-5-7-17(14-23)19-13-16-6-3-4-8-18(16)22-19/h3-4,6,8-10,12-13,17,22H,5,7,11,14H2,1-2H3. The van der Waals surface area contributed by atoms with Crippen molar-refractivity contribution in [3.63, 3.8) is 0 Å². The highest BCUT2D eigenvalue weighted by atomic mass is 32.2. The van der Waals surface area contributed by atoms with Gasteiger partial charge in [0.15, 0.2) is 0 Å². The van der Waals surface area contributed by atoms with Crippen LogP contribution in [0.4, 0.5) is 0 Å². The molecule has 2 aromatic carbocycles. The van der Waals surface area contributed by atoms with Gasteiger partial charge < -0.3 is 9.72 Å². The van der Waals surface area contributed by atoms with E-state index < -0.39 is 10.0 Å². The zero-order valence-electron chi connectivity index (χ0n) is 15.6. The number of ether oxygens (including phenoxy) is 1. The van der Waals surface area contributed by atoms with E-state index in [0.29, 0.717) is 18.8 Å². The zero-order valence-corrected chi connectivity index (χ0v) is 16.4. The van der Waals surface area contributed by atoms with Gasteiger partial charge in [0.2, 0.25) is 10.0 Å². The van der Waals surface area contributed by atoms with Crippen molar-refractivity contribution < 1.29 is 13.2 Å². The Labute approximate surface area is 160 Å². The van der Waals surface area contributed by atoms with Crippen molar-refractivity contribution in [3.8, 4) is 5.75 Å². The highest BCUT2D eigenvalue weighted by Crippen LogP contribution is 2.34. The molecule has 6 heteroatoms. The van der Waals surface area contributed by atoms with Crippen LogP contribution >= 0.6 is 0 Å². The Morgan fingerprint density at radius 3 is 2.74 bits per heavy atom. The van der Waals surface area contributed by atoms with E-state index >= 15 is 0 Å². The van der Waals surface area contributed by atoms with Gasteiger partial charge in [0.25, 0.3) is 0 Å². The number of H-pyrrole nitrogens is 1. The Bertz CT molecular complexity index is 1040. The molecule has 1 unspecified atom stereocenters. The number of piperidine rings is 1. The summed E-state index contributed by atoms with van der Waals surface area (Å²) in [4.78, 5) is 3.71. The van der Waals surface area contributed by atoms with Crippen LogP contribution in [-0.2, 0) is 10.0 Å². The quantitative estimate of drug-likeness (QED) is 0.738. The van der Waals surface area contributed by atoms with Crippen LogP contribution in [0, 0.1) is 6.92 Å². The van der Waals surface area contributed by atoms with E-state index in [1.54, 1.807) is 16.4 Å². The van der Waals surface area contributed by atoms with E-state index in [0.717, 1.165) is 35.0 Å². The van der Waals surface area contributed by atoms with Crippen LogP contribution in [-0.4, -0.2) is 37.9 Å². The van der Waals surface area contributed by atoms with Crippen molar-refractivity contribution in [2.24, 2.45) is 0 Å². The third kappa shape index (κ3) is 3.35. The summed E-state index contributed by atoms with van der Waals surface area (Å²) >= 11 is 0. The second-order valence-corrected chi connectivity index (χ2v) is 9.07. The molecule has 2 heterocycles. The van der Waals surface area contributed by atoms with Gasteiger partial charge in [-0.1, -0.05) is 24.3 Å². The van der Waals surface area contributed by atoms with E-state index in [-0.39, 0.29) is 10.8 Å². The fourth-order valence-electron chi connectivity index (χ4n) is 3.85. The fourth-order valence-corrected chi connectivity index (χ4v) is 5.62. The summed E-state index contributed by atoms with van der Waals surface area (Å²) in [6.45, 7) is 2.91. The van der Waals surface area contributed by atoms with Crippen LogP contribution in [0.1, 0.15) is 30.0 Å². The molecule has 5 nitrogen and oxygen atoms in total. The van der Waals surface area contributed by atoms with Gasteiger partial charge in [0.05, 0.1) is 7.11 Å². The van der Waals surface area contributed by atoms with Gasteiger partial charge in [-0.25, -0.2) is 8.42 Å². The lowest BCUT2D eigenvalue weighted by Gasteiger charge is -2.32. The lowest BCUT2D eigenvalue weighted by Crippen LogP contribution is -2.39. The number of sulfonamides is 1. The first-order valence-electron chi connectivity index (χ1n) is 9.21. The van der Waals surface area contributed by atoms with E-state index in [1.807, 2.05) is 31.2 Å². The van der Waals surface area contributed by atoms with Gasteiger partial charge in [-0.2, -0.15) is 4.31 Å². The number of aromatic amines is 1. The number of hydrogen-bond acceptors (Lipinski definition) is 3. The van der Waals surface area contributed by atoms with Crippen molar-refractivity contribution in [1.29, 1.82) is 0 Å². The second kappa shape index (κ2) is 7.02. The summed E-state index contributed by atoms with van der Waals surface area (Å²) in [6, 6.07) is 15.6. The van der Waals surface area contributed by atoms with Crippen molar-refractivity contribution in [2.45, 2.75) is 30.6 Å². The Balaban J connectivity index is 1.65. The minimum Gasteiger partial charge on any atom is -0.495 e. The molecule has 1 aliphatic rings. The molecule has 1 atom stereocenters. The molecule has 4 rings (SSSR count). The van der Waals surface area contributed by atoms with Crippen molar-refractivity contribution in [2.75, 3.05) is 20.2 Å². The molecule has 142 valence electrons. The molecular weight excluding hydrogens is 360 g/mol. The van der Waals surface area contributed by atoms with E-state index in [4.69, 9.17) is 4.74 Å². The van der Waals surface area contributed by atoms with E-state index in [9.17, 15) is 8.42 Å². The Hall–Kier alpha value is -2.31. The summed E-state index contributed by atoms with van der Waals surface area (Å²) in [5, 5.41) is 1.16. The van der Waals surface area contributed by atoms with Crippen LogP contribution in [0.2, 0.25) is 0 Å². The third-order valence-electron chi connectivity index (χ3n) is 5.31. The minimum atomic E-state index is -3.60. The number of para-hydroxylation sites is 1. The zero-order chi connectivity index (χ0) is 19.0. The van der Waals surface area contributed by atoms with Crippen LogP contribution in [0.5, 0.6) is 5.75 Å². The molecular formula is C21H24N2O3S. The molecule has 1 fully saturated rings. The first kappa shape index (κ1) is 18.1. The smallest absolute Gasteiger partial charge is 0.246 e. The van der Waals surface area contributed by atoms with Crippen LogP contribution < -0.4 is 4.74 Å². The number of rotatable bonds is 4. The van der Waals surface area contributed by atoms with Gasteiger partial charge in [-0.3, -0.25) is 0 Å². The van der Waals surface area contributed by atoms with Crippen LogP contribution in [0.25, 0.3) is 10.9 Å². The number of aryl methyl sites for hydroxylation is 1. The SMILES string of the molecule is COc1ccc(C)cc1S(=O)(=O)N1CCCC(c2cc3ccccc3[nH]2)C1. The molecule has 1 saturated heterocycles. The topological polar surface area (TPSA) is 62.4 Å². The van der Waals surface area contributed by atoms with Crippen LogP contribution in [0.15, 0.2) is 53.4 Å². The molecule has 0 spiro atoms. The minimum absolute atomic E-state index is 0.164. The van der Waals surface area contributed by atoms with Crippen molar-refractivity contribution in [3.05, 3.63) is 59.8 Å². The molecule has 0 saturated carbocycles. The lowest BCUT2D eigenvalue weighted by molar-refractivity contribution is 0.311. The summed E-state index contributed by atoms with van der Waals surface area (Å²) in [6.07, 6.45) is 1.82. The van der Waals surface area contributed by atoms with Gasteiger partial charge in [-0.15, -0.1) is 0 Å². The van der Waals surface area contributed by atoms with Gasteiger partial charge in [0.1, 0.15) is 10.6 Å². The molecule has 0 aliphatic carbocycles. The monoisotopic (exact) mass is 384 g/mol. The fraction of sp³-hybridized carbons (Fsp3) is 0.333. The highest BCUT2D eigenvalue weighted by molar-refractivity contribution is 7.89. The Kier molecular flexibility index (Phi) is 4.70. The highest BCUT2D eigenvalue weighted by Gasteiger charge is 2.33. The normalized spacial score (nSPS) is 18.7. The molecule has 0 bridgehead atoms. The number of nitrogens with one attached hydrogen (secondary N) is 1. The maximum Gasteiger partial charge on any atom is 0.246 e. The number of hydrogen-bond donors (Lipinski definition) is 1. The summed E-state index contributed by atoms with van der Waals surface area (Å²) in [5.74, 6) is 0.560. The maximum absolute atomic E-state index is 13.3. The van der Waals surface area contributed by atoms with Crippen LogP contribution in [0.3, 0.4) is 0 Å². The molecule has 0 amide bonds. The predicted molar refractivity (Wildman–Crippen MR) is 107 cm³/mol. The number of nitrogens with zero attached hydrogens (tertiary/aromatic N) is 1. The molecule has 1 aliphatic heterocycles. The number of methoxy groups -OCH3 is 1. The predicted octanol–water partition coefficient (Wildman–Crippen LogP) is 4.05. The molecule has 3 aromatic rings. The average Bonchev–Trinajstić information content (AvgIpc) is 3.12. The van der Waals surface area contributed by atoms with Gasteiger partial charge in [0, 0.05) is 30.2 Å². The molecule has 27 heavy (non-hydrogen) atoms. The maximum atomic E-state index is 13.3. The molecule has 0 radical (unpaired) electrons. The first-order chi connectivity index (χ1) is 13.0. The van der Waals surface area contributed by atoms with Gasteiger partial charge >= 0.3 is 0 Å².